The third-order valence-electron chi connectivity index (χ3n) is 8.33. The van der Waals surface area contributed by atoms with Crippen molar-refractivity contribution in [3.63, 3.8) is 0 Å². The summed E-state index contributed by atoms with van der Waals surface area (Å²) in [5.41, 5.74) is 3.99. The van der Waals surface area contributed by atoms with Gasteiger partial charge in [-0.3, -0.25) is 9.80 Å². The normalized spacial score (nSPS) is 17.2. The molecule has 10 heteroatoms. The van der Waals surface area contributed by atoms with Crippen LogP contribution < -0.4 is 5.46 Å². The van der Waals surface area contributed by atoms with Crippen LogP contribution >= 0.6 is 0 Å². The summed E-state index contributed by atoms with van der Waals surface area (Å²) >= 11 is 0. The Morgan fingerprint density at radius 3 is 1.46 bits per heavy atom. The van der Waals surface area contributed by atoms with Crippen molar-refractivity contribution in [2.24, 2.45) is 0 Å². The van der Waals surface area contributed by atoms with Gasteiger partial charge in [0.2, 0.25) is 0 Å². The predicted octanol–water partition coefficient (Wildman–Crippen LogP) is 3.20. The topological polar surface area (TPSA) is 93.1 Å². The average Bonchev–Trinajstić information content (AvgIpc) is 3.07. The fourth-order valence-corrected chi connectivity index (χ4v) is 6.06. The molecule has 0 unspecified atom stereocenters. The maximum Gasteiger partial charge on any atom is 0.488 e. The molecular weight excluding hydrogens is 583 g/mol. The molecule has 5 rings (SSSR count). The molecule has 0 radical (unpaired) electrons. The molecule has 1 heterocycles. The zero-order valence-electron chi connectivity index (χ0n) is 26.9. The van der Waals surface area contributed by atoms with E-state index in [1.807, 2.05) is 18.2 Å². The lowest BCUT2D eigenvalue weighted by Crippen LogP contribution is -2.35. The zero-order valence-corrected chi connectivity index (χ0v) is 26.9. The van der Waals surface area contributed by atoms with E-state index < -0.39 is 7.12 Å². The smallest absolute Gasteiger partial charge is 0.423 e. The van der Waals surface area contributed by atoms with Gasteiger partial charge in [0.1, 0.15) is 0 Å². The van der Waals surface area contributed by atoms with E-state index in [0.29, 0.717) is 84.6 Å². The average molecular weight is 631 g/mol. The minimum Gasteiger partial charge on any atom is -0.423 e. The molecule has 1 aliphatic heterocycles. The molecular formula is C36H47BN2O7. The van der Waals surface area contributed by atoms with Gasteiger partial charge in [-0.05, 0) is 50.7 Å². The number of hydrogen-bond donors (Lipinski definition) is 2. The van der Waals surface area contributed by atoms with Crippen molar-refractivity contribution in [2.75, 3.05) is 86.2 Å². The third-order valence-corrected chi connectivity index (χ3v) is 8.33. The minimum absolute atomic E-state index is 0.538. The molecule has 0 amide bonds. The van der Waals surface area contributed by atoms with Crippen LogP contribution in [-0.2, 0) is 43.3 Å². The number of fused-ring (bicyclic) bond motifs is 2. The molecule has 4 aromatic carbocycles. The Morgan fingerprint density at radius 2 is 0.978 bits per heavy atom. The summed E-state index contributed by atoms with van der Waals surface area (Å²) in [5, 5.41) is 24.8. The van der Waals surface area contributed by atoms with Crippen molar-refractivity contribution >= 4 is 34.1 Å². The van der Waals surface area contributed by atoms with Gasteiger partial charge in [0.05, 0.1) is 66.1 Å². The van der Waals surface area contributed by atoms with Gasteiger partial charge in [-0.25, -0.2) is 0 Å². The van der Waals surface area contributed by atoms with Gasteiger partial charge >= 0.3 is 7.12 Å². The molecule has 0 saturated carbocycles. The number of rotatable bonds is 7. The summed E-state index contributed by atoms with van der Waals surface area (Å²) in [6.45, 7) is 9.17. The number of benzene rings is 4. The van der Waals surface area contributed by atoms with E-state index in [0.717, 1.165) is 25.2 Å². The van der Waals surface area contributed by atoms with Gasteiger partial charge in [-0.2, -0.15) is 0 Å². The van der Waals surface area contributed by atoms with E-state index in [2.05, 4.69) is 65.4 Å². The number of ether oxygens (including phenoxy) is 5. The van der Waals surface area contributed by atoms with Crippen LogP contribution in [-0.4, -0.2) is 113 Å². The van der Waals surface area contributed by atoms with Crippen molar-refractivity contribution in [1.29, 1.82) is 0 Å². The second kappa shape index (κ2) is 18.4. The molecule has 4 aromatic rings. The molecule has 2 N–H and O–H groups in total. The van der Waals surface area contributed by atoms with Crippen molar-refractivity contribution < 1.29 is 33.7 Å². The maximum atomic E-state index is 9.91. The Kier molecular flexibility index (Phi) is 13.8. The molecule has 0 aromatic heterocycles. The Balaban J connectivity index is 1.38. The summed E-state index contributed by atoms with van der Waals surface area (Å²) in [6.07, 6.45) is 0. The van der Waals surface area contributed by atoms with Crippen LogP contribution in [0.25, 0.3) is 21.5 Å². The van der Waals surface area contributed by atoms with Crippen LogP contribution in [0.15, 0.2) is 72.8 Å². The van der Waals surface area contributed by atoms with Gasteiger partial charge in [-0.15, -0.1) is 0 Å². The molecule has 46 heavy (non-hydrogen) atoms. The molecule has 1 aliphatic rings. The van der Waals surface area contributed by atoms with Crippen molar-refractivity contribution in [1.82, 2.24) is 9.80 Å². The second-order valence-electron chi connectivity index (χ2n) is 11.6. The van der Waals surface area contributed by atoms with Gasteiger partial charge < -0.3 is 33.7 Å². The summed E-state index contributed by atoms with van der Waals surface area (Å²) in [4.78, 5) is 4.65. The van der Waals surface area contributed by atoms with Crippen molar-refractivity contribution in [3.05, 3.63) is 89.5 Å². The van der Waals surface area contributed by atoms with Crippen molar-refractivity contribution in [3.8, 4) is 0 Å². The lowest BCUT2D eigenvalue weighted by Gasteiger charge is -2.26. The molecule has 0 bridgehead atoms. The Labute approximate surface area is 272 Å². The third kappa shape index (κ3) is 9.81. The van der Waals surface area contributed by atoms with Gasteiger partial charge in [0.15, 0.2) is 0 Å². The first kappa shape index (κ1) is 34.4. The van der Waals surface area contributed by atoms with E-state index in [4.69, 9.17) is 23.7 Å². The first-order chi connectivity index (χ1) is 22.6. The van der Waals surface area contributed by atoms with Crippen LogP contribution in [0, 0.1) is 0 Å². The highest BCUT2D eigenvalue weighted by molar-refractivity contribution is 6.59. The molecule has 0 aliphatic carbocycles. The van der Waals surface area contributed by atoms with Crippen LogP contribution in [0.4, 0.5) is 0 Å². The molecule has 1 saturated heterocycles. The maximum absolute atomic E-state index is 9.91. The van der Waals surface area contributed by atoms with Crippen LogP contribution in [0.5, 0.6) is 0 Å². The van der Waals surface area contributed by atoms with E-state index in [1.165, 1.54) is 32.7 Å². The highest BCUT2D eigenvalue weighted by Crippen LogP contribution is 2.34. The summed E-state index contributed by atoms with van der Waals surface area (Å²) in [7, 11) is 0.580. The monoisotopic (exact) mass is 630 g/mol. The van der Waals surface area contributed by atoms with E-state index >= 15 is 0 Å². The lowest BCUT2D eigenvalue weighted by molar-refractivity contribution is -0.0189. The zero-order chi connectivity index (χ0) is 32.0. The summed E-state index contributed by atoms with van der Waals surface area (Å²) in [5.74, 6) is 0. The predicted molar refractivity (Wildman–Crippen MR) is 182 cm³/mol. The Morgan fingerprint density at radius 1 is 0.565 bits per heavy atom. The largest absolute Gasteiger partial charge is 0.488 e. The van der Waals surface area contributed by atoms with Crippen LogP contribution in [0.2, 0.25) is 0 Å². The van der Waals surface area contributed by atoms with Gasteiger partial charge in [0, 0.05) is 32.7 Å². The molecule has 0 spiro atoms. The highest BCUT2D eigenvalue weighted by atomic mass is 16.6. The lowest BCUT2D eigenvalue weighted by atomic mass is 9.77. The summed E-state index contributed by atoms with van der Waals surface area (Å²) < 4.78 is 28.7. The molecule has 246 valence electrons. The fraction of sp³-hybridized carbons (Fsp3) is 0.444. The molecule has 0 atom stereocenters. The fourth-order valence-electron chi connectivity index (χ4n) is 6.06. The summed E-state index contributed by atoms with van der Waals surface area (Å²) in [6, 6.07) is 24.8. The molecule has 1 fully saturated rings. The van der Waals surface area contributed by atoms with Gasteiger partial charge in [0.25, 0.3) is 0 Å². The Bertz CT molecular complexity index is 1430. The quantitative estimate of drug-likeness (QED) is 0.236. The van der Waals surface area contributed by atoms with Gasteiger partial charge in [-0.1, -0.05) is 72.8 Å². The SMILES string of the molecule is CN(Cc1ccccc1B(O)O)Cc1c2ccccc2c(CN2CCOCCOCCOCCOCCOCC2)c2ccccc12. The van der Waals surface area contributed by atoms with Crippen LogP contribution in [0.1, 0.15) is 16.7 Å². The first-order valence-electron chi connectivity index (χ1n) is 16.3. The first-order valence-corrected chi connectivity index (χ1v) is 16.3. The van der Waals surface area contributed by atoms with E-state index in [9.17, 15) is 10.0 Å². The molecule has 9 nitrogen and oxygen atoms in total. The van der Waals surface area contributed by atoms with E-state index in [-0.39, 0.29) is 0 Å². The minimum atomic E-state index is -1.50. The second-order valence-corrected chi connectivity index (χ2v) is 11.6. The standard InChI is InChI=1S/C36H47BN2O7/c1-38(26-29-8-2-7-13-36(29)37(40)41)27-34-30-9-3-5-11-32(30)35(33-12-6-4-10-31(33)34)28-39-14-16-42-18-20-44-22-24-46-25-23-45-21-19-43-17-15-39/h2-13,40-41H,14-28H2,1H3. The van der Waals surface area contributed by atoms with E-state index in [1.54, 1.807) is 6.07 Å². The highest BCUT2D eigenvalue weighted by Gasteiger charge is 2.19. The van der Waals surface area contributed by atoms with Crippen molar-refractivity contribution in [2.45, 2.75) is 19.6 Å². The van der Waals surface area contributed by atoms with Crippen LogP contribution in [0.3, 0.4) is 0 Å². The number of nitrogens with zero attached hydrogens (tertiary/aromatic N) is 2. The number of hydrogen-bond acceptors (Lipinski definition) is 9. The Hall–Kier alpha value is -2.90.